The summed E-state index contributed by atoms with van der Waals surface area (Å²) >= 11 is 13.2. The summed E-state index contributed by atoms with van der Waals surface area (Å²) in [6.45, 7) is 3.94. The number of aryl methyl sites for hydroxylation is 1. The van der Waals surface area contributed by atoms with E-state index in [4.69, 9.17) is 21.7 Å². The lowest BCUT2D eigenvalue weighted by Gasteiger charge is -2.22. The first kappa shape index (κ1) is 17.1. The average molecular weight is 362 g/mol. The smallest absolute Gasteiger partial charge is 0.197 e. The van der Waals surface area contributed by atoms with Gasteiger partial charge in [0.05, 0.1) is 15.8 Å². The van der Waals surface area contributed by atoms with Crippen LogP contribution in [-0.4, -0.2) is 42.1 Å². The fourth-order valence-electron chi connectivity index (χ4n) is 1.99. The van der Waals surface area contributed by atoms with Crippen molar-refractivity contribution >= 4 is 64.1 Å². The number of thioether (sulfide) groups is 1. The minimum Gasteiger partial charge on any atom is -0.439 e. The number of hydrogen-bond donors (Lipinski definition) is 2. The van der Waals surface area contributed by atoms with Crippen molar-refractivity contribution in [1.29, 1.82) is 0 Å². The molecular weight excluding hydrogens is 342 g/mol. The van der Waals surface area contributed by atoms with Crippen molar-refractivity contribution in [3.63, 3.8) is 0 Å². The molecule has 1 N–H and O–H groups in total. The Hall–Kier alpha value is -0.210. The van der Waals surface area contributed by atoms with Crippen LogP contribution in [0.4, 0.5) is 5.88 Å². The Bertz CT molecular complexity index is 637. The third kappa shape index (κ3) is 4.39. The molecule has 2 aromatic rings. The molecule has 0 aliphatic heterocycles. The predicted molar refractivity (Wildman–Crippen MR) is 100 cm³/mol. The molecule has 0 spiro atoms. The third-order valence-electron chi connectivity index (χ3n) is 3.03. The van der Waals surface area contributed by atoms with Crippen LogP contribution >= 0.6 is 47.9 Å². The summed E-state index contributed by atoms with van der Waals surface area (Å²) in [7, 11) is 0. The van der Waals surface area contributed by atoms with Gasteiger partial charge in [-0.1, -0.05) is 12.2 Å². The molecular formula is C14H19NO2S4. The fraction of sp³-hybridized carbons (Fsp3) is 0.500. The van der Waals surface area contributed by atoms with Gasteiger partial charge in [-0.3, -0.25) is 0 Å². The molecule has 0 bridgehead atoms. The van der Waals surface area contributed by atoms with Crippen molar-refractivity contribution in [3.8, 4) is 0 Å². The highest BCUT2D eigenvalue weighted by molar-refractivity contribution is 7.99. The van der Waals surface area contributed by atoms with Crippen LogP contribution in [0.2, 0.25) is 0 Å². The zero-order valence-corrected chi connectivity index (χ0v) is 15.2. The van der Waals surface area contributed by atoms with Gasteiger partial charge in [0.2, 0.25) is 0 Å². The summed E-state index contributed by atoms with van der Waals surface area (Å²) in [6.07, 6.45) is 0. The van der Waals surface area contributed by atoms with E-state index in [9.17, 15) is 0 Å². The molecule has 2 heterocycles. The maximum Gasteiger partial charge on any atom is 0.197 e. The first-order valence-corrected chi connectivity index (χ1v) is 9.81. The topological polar surface area (TPSA) is 36.6 Å². The Morgan fingerprint density at radius 1 is 1.43 bits per heavy atom. The second-order valence-electron chi connectivity index (χ2n) is 4.57. The Morgan fingerprint density at radius 2 is 2.24 bits per heavy atom. The van der Waals surface area contributed by atoms with Crippen LogP contribution in [0.15, 0.2) is 15.9 Å². The zero-order chi connectivity index (χ0) is 15.2. The van der Waals surface area contributed by atoms with E-state index >= 15 is 0 Å². The van der Waals surface area contributed by atoms with Gasteiger partial charge in [-0.25, -0.2) is 0 Å². The van der Waals surface area contributed by atoms with E-state index < -0.39 is 0 Å². The SMILES string of the molecule is Cc1csc2c(=S)cc(N(CCS)CCSCCO)oc12. The minimum atomic E-state index is 0.220. The molecule has 3 nitrogen and oxygen atoms in total. The molecule has 0 saturated carbocycles. The number of hydrogen-bond acceptors (Lipinski definition) is 7. The Morgan fingerprint density at radius 3 is 2.95 bits per heavy atom. The van der Waals surface area contributed by atoms with E-state index in [1.54, 1.807) is 23.1 Å². The van der Waals surface area contributed by atoms with Gasteiger partial charge in [0.15, 0.2) is 11.5 Å². The molecule has 0 unspecified atom stereocenters. The van der Waals surface area contributed by atoms with E-state index in [0.717, 1.165) is 56.6 Å². The van der Waals surface area contributed by atoms with E-state index in [-0.39, 0.29) is 6.61 Å². The summed E-state index contributed by atoms with van der Waals surface area (Å²) in [5.41, 5.74) is 2.03. The number of fused-ring (bicyclic) bond motifs is 1. The van der Waals surface area contributed by atoms with E-state index in [1.807, 2.05) is 13.0 Å². The molecule has 2 rings (SSSR count). The maximum atomic E-state index is 8.84. The van der Waals surface area contributed by atoms with E-state index in [2.05, 4.69) is 22.9 Å². The number of thiophene rings is 1. The van der Waals surface area contributed by atoms with Crippen molar-refractivity contribution in [2.45, 2.75) is 6.92 Å². The molecule has 7 heteroatoms. The Kier molecular flexibility index (Phi) is 6.88. The van der Waals surface area contributed by atoms with Gasteiger partial charge in [-0.05, 0) is 12.3 Å². The van der Waals surface area contributed by atoms with E-state index in [1.165, 1.54) is 0 Å². The summed E-state index contributed by atoms with van der Waals surface area (Å²) in [6, 6.07) is 1.94. The molecule has 2 aromatic heterocycles. The van der Waals surface area contributed by atoms with Crippen LogP contribution in [0, 0.1) is 11.4 Å². The monoisotopic (exact) mass is 361 g/mol. The molecule has 0 fully saturated rings. The van der Waals surface area contributed by atoms with Gasteiger partial charge < -0.3 is 14.4 Å². The highest BCUT2D eigenvalue weighted by atomic mass is 32.2. The van der Waals surface area contributed by atoms with Crippen LogP contribution in [0.25, 0.3) is 10.3 Å². The van der Waals surface area contributed by atoms with Gasteiger partial charge in [0, 0.05) is 42.0 Å². The van der Waals surface area contributed by atoms with E-state index in [0.29, 0.717) is 0 Å². The number of thiol groups is 1. The van der Waals surface area contributed by atoms with Crippen LogP contribution in [0.1, 0.15) is 5.56 Å². The van der Waals surface area contributed by atoms with Gasteiger partial charge in [0.1, 0.15) is 0 Å². The van der Waals surface area contributed by atoms with Crippen molar-refractivity contribution in [3.05, 3.63) is 21.5 Å². The average Bonchev–Trinajstić information content (AvgIpc) is 2.84. The number of aliphatic hydroxyl groups excluding tert-OH is 1. The molecule has 0 atom stereocenters. The quantitative estimate of drug-likeness (QED) is 0.422. The standard InChI is InChI=1S/C14H19NO2S4/c1-10-9-21-14-11(19)8-12(17-13(10)14)15(2-5-18)3-6-20-7-4-16/h8-9,16,18H,2-7H2,1H3. The maximum absolute atomic E-state index is 8.84. The highest BCUT2D eigenvalue weighted by Gasteiger charge is 2.12. The molecule has 0 amide bonds. The molecule has 0 aliphatic carbocycles. The minimum absolute atomic E-state index is 0.220. The van der Waals surface area contributed by atoms with Gasteiger partial charge in [-0.15, -0.1) is 11.3 Å². The van der Waals surface area contributed by atoms with Crippen LogP contribution in [-0.2, 0) is 0 Å². The number of anilines is 1. The summed E-state index contributed by atoms with van der Waals surface area (Å²) in [4.78, 5) is 2.17. The molecule has 0 saturated heterocycles. The second-order valence-corrected chi connectivity index (χ2v) is 7.56. The van der Waals surface area contributed by atoms with Crippen molar-refractivity contribution < 1.29 is 9.52 Å². The summed E-state index contributed by atoms with van der Waals surface area (Å²) < 4.78 is 7.95. The summed E-state index contributed by atoms with van der Waals surface area (Å²) in [5, 5.41) is 10.9. The number of aliphatic hydroxyl groups is 1. The van der Waals surface area contributed by atoms with Crippen molar-refractivity contribution in [2.75, 3.05) is 41.9 Å². The lowest BCUT2D eigenvalue weighted by molar-refractivity contribution is 0.322. The van der Waals surface area contributed by atoms with Crippen LogP contribution in [0.3, 0.4) is 0 Å². The normalized spacial score (nSPS) is 11.2. The first-order valence-electron chi connectivity index (χ1n) is 6.73. The van der Waals surface area contributed by atoms with Gasteiger partial charge >= 0.3 is 0 Å². The van der Waals surface area contributed by atoms with Crippen molar-refractivity contribution in [2.24, 2.45) is 0 Å². The zero-order valence-electron chi connectivity index (χ0n) is 11.9. The number of nitrogens with zero attached hydrogens (tertiary/aromatic N) is 1. The van der Waals surface area contributed by atoms with Gasteiger partial charge in [0.25, 0.3) is 0 Å². The van der Waals surface area contributed by atoms with Gasteiger partial charge in [-0.2, -0.15) is 24.4 Å². The molecule has 21 heavy (non-hydrogen) atoms. The molecule has 0 radical (unpaired) electrons. The van der Waals surface area contributed by atoms with Crippen LogP contribution in [0.5, 0.6) is 0 Å². The lowest BCUT2D eigenvalue weighted by atomic mass is 10.3. The first-order chi connectivity index (χ1) is 10.2. The molecule has 0 aliphatic rings. The Balaban J connectivity index is 2.22. The fourth-order valence-corrected chi connectivity index (χ4v) is 4.14. The molecule has 116 valence electrons. The largest absolute Gasteiger partial charge is 0.439 e. The predicted octanol–water partition coefficient (Wildman–Crippen LogP) is 3.99. The second kappa shape index (κ2) is 8.43. The van der Waals surface area contributed by atoms with Crippen molar-refractivity contribution in [1.82, 2.24) is 0 Å². The molecule has 0 aromatic carbocycles. The Labute approximate surface area is 143 Å². The summed E-state index contributed by atoms with van der Waals surface area (Å²) in [5.74, 6) is 3.28. The highest BCUT2D eigenvalue weighted by Crippen LogP contribution is 2.31. The number of rotatable bonds is 8. The third-order valence-corrected chi connectivity index (χ3v) is 5.73. The lowest BCUT2D eigenvalue weighted by Crippen LogP contribution is -2.28. The van der Waals surface area contributed by atoms with Crippen LogP contribution < -0.4 is 4.90 Å².